The van der Waals surface area contributed by atoms with Crippen LogP contribution in [0.5, 0.6) is 0 Å². The number of halogens is 1. The summed E-state index contributed by atoms with van der Waals surface area (Å²) >= 11 is 7.43. The van der Waals surface area contributed by atoms with Crippen molar-refractivity contribution in [3.63, 3.8) is 0 Å². The second-order valence-electron chi connectivity index (χ2n) is 3.20. The fourth-order valence-electron chi connectivity index (χ4n) is 1.27. The molecular weight excluding hydrogens is 240 g/mol. The van der Waals surface area contributed by atoms with Crippen molar-refractivity contribution < 1.29 is 4.79 Å². The zero-order valence-electron chi connectivity index (χ0n) is 8.39. The van der Waals surface area contributed by atoms with Crippen molar-refractivity contribution in [2.24, 2.45) is 0 Å². The Balaban J connectivity index is 2.15. The lowest BCUT2D eigenvalue weighted by molar-refractivity contribution is 0.104. The third kappa shape index (κ3) is 2.60. The Kier molecular flexibility index (Phi) is 3.54. The van der Waals surface area contributed by atoms with Gasteiger partial charge in [0.05, 0.1) is 5.02 Å². The number of hydrogen-bond donors (Lipinski definition) is 0. The molecule has 0 bridgehead atoms. The molecule has 0 aliphatic carbocycles. The van der Waals surface area contributed by atoms with E-state index in [1.807, 2.05) is 29.6 Å². The first-order chi connectivity index (χ1) is 7.77. The lowest BCUT2D eigenvalue weighted by Gasteiger charge is -1.93. The molecule has 2 aromatic rings. The number of hydrogen-bond acceptors (Lipinski definition) is 2. The fourth-order valence-corrected chi connectivity index (χ4v) is 2.29. The lowest BCUT2D eigenvalue weighted by atomic mass is 10.1. The summed E-state index contributed by atoms with van der Waals surface area (Å²) in [5, 5.41) is 2.58. The first kappa shape index (κ1) is 11.1. The topological polar surface area (TPSA) is 17.1 Å². The maximum absolute atomic E-state index is 11.7. The molecule has 16 heavy (non-hydrogen) atoms. The molecule has 0 aliphatic heterocycles. The molecule has 0 radical (unpaired) electrons. The van der Waals surface area contributed by atoms with Crippen LogP contribution in [0.2, 0.25) is 5.02 Å². The van der Waals surface area contributed by atoms with Crippen molar-refractivity contribution in [3.8, 4) is 0 Å². The number of thiophene rings is 1. The van der Waals surface area contributed by atoms with Crippen LogP contribution in [-0.4, -0.2) is 5.78 Å². The van der Waals surface area contributed by atoms with E-state index in [1.165, 1.54) is 11.3 Å². The number of allylic oxidation sites excluding steroid dienone is 1. The van der Waals surface area contributed by atoms with Gasteiger partial charge >= 0.3 is 0 Å². The SMILES string of the molecule is O=C(C=Cc1sccc1Cl)c1ccccc1. The minimum atomic E-state index is -0.00920. The Hall–Kier alpha value is -1.38. The van der Waals surface area contributed by atoms with E-state index in [2.05, 4.69) is 0 Å². The highest BCUT2D eigenvalue weighted by Gasteiger charge is 2.01. The number of carbonyl (C=O) groups excluding carboxylic acids is 1. The van der Waals surface area contributed by atoms with E-state index < -0.39 is 0 Å². The van der Waals surface area contributed by atoms with E-state index in [0.717, 1.165) is 4.88 Å². The highest BCUT2D eigenvalue weighted by atomic mass is 35.5. The van der Waals surface area contributed by atoms with E-state index >= 15 is 0 Å². The smallest absolute Gasteiger partial charge is 0.185 e. The summed E-state index contributed by atoms with van der Waals surface area (Å²) in [4.78, 5) is 12.6. The molecule has 1 nitrogen and oxygen atoms in total. The van der Waals surface area contributed by atoms with E-state index in [1.54, 1.807) is 24.3 Å². The minimum Gasteiger partial charge on any atom is -0.289 e. The monoisotopic (exact) mass is 248 g/mol. The molecule has 0 atom stereocenters. The Morgan fingerprint density at radius 2 is 1.94 bits per heavy atom. The van der Waals surface area contributed by atoms with Crippen LogP contribution in [0.1, 0.15) is 15.2 Å². The summed E-state index contributed by atoms with van der Waals surface area (Å²) < 4.78 is 0. The van der Waals surface area contributed by atoms with Crippen LogP contribution in [0, 0.1) is 0 Å². The predicted molar refractivity (Wildman–Crippen MR) is 69.1 cm³/mol. The summed E-state index contributed by atoms with van der Waals surface area (Å²) in [6.45, 7) is 0. The predicted octanol–water partition coefficient (Wildman–Crippen LogP) is 4.30. The molecule has 0 amide bonds. The highest BCUT2D eigenvalue weighted by molar-refractivity contribution is 7.11. The van der Waals surface area contributed by atoms with Crippen molar-refractivity contribution >= 4 is 34.8 Å². The number of ketones is 1. The third-order valence-electron chi connectivity index (χ3n) is 2.09. The number of rotatable bonds is 3. The van der Waals surface area contributed by atoms with Gasteiger partial charge in [0.25, 0.3) is 0 Å². The van der Waals surface area contributed by atoms with Gasteiger partial charge in [-0.15, -0.1) is 11.3 Å². The van der Waals surface area contributed by atoms with Gasteiger partial charge < -0.3 is 0 Å². The number of carbonyl (C=O) groups is 1. The molecule has 0 spiro atoms. The summed E-state index contributed by atoms with van der Waals surface area (Å²) in [5.74, 6) is -0.00920. The van der Waals surface area contributed by atoms with Crippen molar-refractivity contribution in [1.29, 1.82) is 0 Å². The van der Waals surface area contributed by atoms with Crippen LogP contribution >= 0.6 is 22.9 Å². The summed E-state index contributed by atoms with van der Waals surface area (Å²) in [6, 6.07) is 11.0. The molecule has 0 aliphatic rings. The lowest BCUT2D eigenvalue weighted by Crippen LogP contribution is -1.92. The van der Waals surface area contributed by atoms with Gasteiger partial charge in [0, 0.05) is 10.4 Å². The molecule has 80 valence electrons. The second kappa shape index (κ2) is 5.10. The minimum absolute atomic E-state index is 0.00920. The Morgan fingerprint density at radius 3 is 2.56 bits per heavy atom. The Labute approximate surface area is 103 Å². The maximum Gasteiger partial charge on any atom is 0.185 e. The van der Waals surface area contributed by atoms with E-state index in [4.69, 9.17) is 11.6 Å². The van der Waals surface area contributed by atoms with Crippen molar-refractivity contribution in [3.05, 3.63) is 63.3 Å². The quantitative estimate of drug-likeness (QED) is 0.585. The van der Waals surface area contributed by atoms with Crippen molar-refractivity contribution in [2.75, 3.05) is 0 Å². The molecule has 0 saturated carbocycles. The zero-order chi connectivity index (χ0) is 11.4. The molecule has 0 unspecified atom stereocenters. The van der Waals surface area contributed by atoms with Crippen molar-refractivity contribution in [2.45, 2.75) is 0 Å². The molecule has 0 saturated heterocycles. The van der Waals surface area contributed by atoms with Gasteiger partial charge in [0.15, 0.2) is 5.78 Å². The van der Waals surface area contributed by atoms with Gasteiger partial charge in [-0.05, 0) is 23.6 Å². The normalized spacial score (nSPS) is 10.8. The van der Waals surface area contributed by atoms with Crippen LogP contribution in [0.3, 0.4) is 0 Å². The average molecular weight is 249 g/mol. The second-order valence-corrected chi connectivity index (χ2v) is 4.55. The summed E-state index contributed by atoms with van der Waals surface area (Å²) in [6.07, 6.45) is 3.30. The first-order valence-electron chi connectivity index (χ1n) is 4.78. The first-order valence-corrected chi connectivity index (χ1v) is 6.03. The Morgan fingerprint density at radius 1 is 1.19 bits per heavy atom. The van der Waals surface area contributed by atoms with Crippen LogP contribution in [0.25, 0.3) is 6.08 Å². The zero-order valence-corrected chi connectivity index (χ0v) is 9.96. The molecule has 0 N–H and O–H groups in total. The van der Waals surface area contributed by atoms with Gasteiger partial charge in [-0.25, -0.2) is 0 Å². The van der Waals surface area contributed by atoms with Gasteiger partial charge in [-0.1, -0.05) is 41.9 Å². The molecule has 0 fully saturated rings. The molecule has 1 heterocycles. The Bertz CT molecular complexity index is 514. The van der Waals surface area contributed by atoms with Crippen LogP contribution in [-0.2, 0) is 0 Å². The molecule has 1 aromatic heterocycles. The van der Waals surface area contributed by atoms with Crippen molar-refractivity contribution in [1.82, 2.24) is 0 Å². The average Bonchev–Trinajstić information content (AvgIpc) is 2.73. The van der Waals surface area contributed by atoms with Crippen LogP contribution < -0.4 is 0 Å². The summed E-state index contributed by atoms with van der Waals surface area (Å²) in [5.41, 5.74) is 0.687. The van der Waals surface area contributed by atoms with Gasteiger partial charge in [-0.2, -0.15) is 0 Å². The van der Waals surface area contributed by atoms with Gasteiger partial charge in [-0.3, -0.25) is 4.79 Å². The van der Waals surface area contributed by atoms with E-state index in [9.17, 15) is 4.79 Å². The number of benzene rings is 1. The van der Waals surface area contributed by atoms with Gasteiger partial charge in [0.1, 0.15) is 0 Å². The molecule has 1 aromatic carbocycles. The summed E-state index contributed by atoms with van der Waals surface area (Å²) in [7, 11) is 0. The highest BCUT2D eigenvalue weighted by Crippen LogP contribution is 2.23. The fraction of sp³-hybridized carbons (Fsp3) is 0. The molecule has 2 rings (SSSR count). The largest absolute Gasteiger partial charge is 0.289 e. The van der Waals surface area contributed by atoms with Crippen LogP contribution in [0.4, 0.5) is 0 Å². The third-order valence-corrected chi connectivity index (χ3v) is 3.41. The molecular formula is C13H9ClOS. The van der Waals surface area contributed by atoms with E-state index in [-0.39, 0.29) is 5.78 Å². The standard InChI is InChI=1S/C13H9ClOS/c14-11-8-9-16-13(11)7-6-12(15)10-4-2-1-3-5-10/h1-9H. The maximum atomic E-state index is 11.7. The van der Waals surface area contributed by atoms with E-state index in [0.29, 0.717) is 10.6 Å². The van der Waals surface area contributed by atoms with Crippen LogP contribution in [0.15, 0.2) is 47.9 Å². The van der Waals surface area contributed by atoms with Gasteiger partial charge in [0.2, 0.25) is 0 Å². The molecule has 3 heteroatoms.